The zero-order valence-electron chi connectivity index (χ0n) is 10.3. The molecule has 1 aliphatic heterocycles. The lowest BCUT2D eigenvalue weighted by molar-refractivity contribution is 0.359. The summed E-state index contributed by atoms with van der Waals surface area (Å²) < 4.78 is 23.4. The van der Waals surface area contributed by atoms with Crippen LogP contribution in [0.25, 0.3) is 0 Å². The van der Waals surface area contributed by atoms with Crippen molar-refractivity contribution in [2.75, 3.05) is 12.3 Å². The Hall–Kier alpha value is -0.0900. The molecule has 0 aromatic rings. The Bertz CT molecular complexity index is 331. The van der Waals surface area contributed by atoms with Gasteiger partial charge in [-0.3, -0.25) is 0 Å². The number of rotatable bonds is 5. The standard InChI is InChI=1S/C12H23NO2S/c1-9(2)12(10-5-6-10)13-8-11-4-3-7-16(11,14)15/h9-13H,3-8H2,1-2H3. The van der Waals surface area contributed by atoms with Crippen LogP contribution in [0.1, 0.15) is 39.5 Å². The summed E-state index contributed by atoms with van der Waals surface area (Å²) in [5.41, 5.74) is 0. The molecule has 2 unspecified atom stereocenters. The lowest BCUT2D eigenvalue weighted by Gasteiger charge is -2.23. The van der Waals surface area contributed by atoms with Gasteiger partial charge in [0, 0.05) is 12.6 Å². The van der Waals surface area contributed by atoms with Crippen LogP contribution in [0.2, 0.25) is 0 Å². The first-order valence-electron chi connectivity index (χ1n) is 6.45. The van der Waals surface area contributed by atoms with Gasteiger partial charge in [-0.25, -0.2) is 8.42 Å². The molecular formula is C12H23NO2S. The van der Waals surface area contributed by atoms with E-state index in [0.717, 1.165) is 18.8 Å². The molecule has 94 valence electrons. The van der Waals surface area contributed by atoms with Crippen molar-refractivity contribution in [3.63, 3.8) is 0 Å². The summed E-state index contributed by atoms with van der Waals surface area (Å²) in [4.78, 5) is 0. The summed E-state index contributed by atoms with van der Waals surface area (Å²) >= 11 is 0. The number of nitrogens with one attached hydrogen (secondary N) is 1. The van der Waals surface area contributed by atoms with Gasteiger partial charge in [0.25, 0.3) is 0 Å². The molecule has 0 aromatic heterocycles. The first kappa shape index (κ1) is 12.4. The zero-order valence-corrected chi connectivity index (χ0v) is 11.1. The van der Waals surface area contributed by atoms with Crippen LogP contribution in [0, 0.1) is 11.8 Å². The first-order chi connectivity index (χ1) is 7.50. The van der Waals surface area contributed by atoms with Crippen LogP contribution in [0.15, 0.2) is 0 Å². The quantitative estimate of drug-likeness (QED) is 0.800. The lowest BCUT2D eigenvalue weighted by Crippen LogP contribution is -2.41. The number of hydrogen-bond acceptors (Lipinski definition) is 3. The van der Waals surface area contributed by atoms with Crippen molar-refractivity contribution in [1.29, 1.82) is 0 Å². The van der Waals surface area contributed by atoms with Gasteiger partial charge in [0.15, 0.2) is 9.84 Å². The van der Waals surface area contributed by atoms with Crippen molar-refractivity contribution in [2.45, 2.75) is 50.8 Å². The van der Waals surface area contributed by atoms with E-state index in [1.165, 1.54) is 12.8 Å². The third kappa shape index (κ3) is 2.77. The van der Waals surface area contributed by atoms with Crippen LogP contribution in [0.3, 0.4) is 0 Å². The summed E-state index contributed by atoms with van der Waals surface area (Å²) in [5, 5.41) is 3.38. The molecule has 0 amide bonds. The van der Waals surface area contributed by atoms with Crippen molar-refractivity contribution in [3.05, 3.63) is 0 Å². The molecule has 2 aliphatic rings. The summed E-state index contributed by atoms with van der Waals surface area (Å²) in [6.07, 6.45) is 4.33. The molecule has 0 aromatic carbocycles. The molecule has 1 saturated carbocycles. The SMILES string of the molecule is CC(C)C(NCC1CCCS1(=O)=O)C1CC1. The largest absolute Gasteiger partial charge is 0.312 e. The highest BCUT2D eigenvalue weighted by Gasteiger charge is 2.36. The van der Waals surface area contributed by atoms with E-state index >= 15 is 0 Å². The van der Waals surface area contributed by atoms with Gasteiger partial charge in [-0.2, -0.15) is 0 Å². The summed E-state index contributed by atoms with van der Waals surface area (Å²) in [6, 6.07) is 0.524. The Balaban J connectivity index is 1.86. The summed E-state index contributed by atoms with van der Waals surface area (Å²) in [5.74, 6) is 1.80. The van der Waals surface area contributed by atoms with Crippen molar-refractivity contribution >= 4 is 9.84 Å². The van der Waals surface area contributed by atoms with Gasteiger partial charge in [-0.15, -0.1) is 0 Å². The second-order valence-electron chi connectivity index (χ2n) is 5.65. The van der Waals surface area contributed by atoms with E-state index in [9.17, 15) is 8.42 Å². The normalized spacial score (nSPS) is 30.8. The second kappa shape index (κ2) is 4.65. The van der Waals surface area contributed by atoms with E-state index in [1.54, 1.807) is 0 Å². The molecule has 4 heteroatoms. The fourth-order valence-electron chi connectivity index (χ4n) is 2.76. The third-order valence-electron chi connectivity index (χ3n) is 3.89. The highest BCUT2D eigenvalue weighted by Crippen LogP contribution is 2.35. The third-order valence-corrected chi connectivity index (χ3v) is 6.17. The van der Waals surface area contributed by atoms with Gasteiger partial charge in [0.2, 0.25) is 0 Å². The topological polar surface area (TPSA) is 46.2 Å². The summed E-state index contributed by atoms with van der Waals surface area (Å²) in [7, 11) is -2.78. The van der Waals surface area contributed by atoms with Gasteiger partial charge in [-0.1, -0.05) is 13.8 Å². The molecule has 16 heavy (non-hydrogen) atoms. The molecule has 0 radical (unpaired) electrons. The molecule has 2 rings (SSSR count). The van der Waals surface area contributed by atoms with E-state index in [4.69, 9.17) is 0 Å². The molecule has 3 nitrogen and oxygen atoms in total. The fourth-order valence-corrected chi connectivity index (χ4v) is 4.54. The van der Waals surface area contributed by atoms with E-state index in [1.807, 2.05) is 0 Å². The molecule has 1 saturated heterocycles. The van der Waals surface area contributed by atoms with Crippen molar-refractivity contribution in [2.24, 2.45) is 11.8 Å². The van der Waals surface area contributed by atoms with Gasteiger partial charge in [-0.05, 0) is 37.5 Å². The Morgan fingerprint density at radius 1 is 1.25 bits per heavy atom. The maximum absolute atomic E-state index is 11.7. The Morgan fingerprint density at radius 3 is 2.38 bits per heavy atom. The van der Waals surface area contributed by atoms with Gasteiger partial charge in [0.1, 0.15) is 0 Å². The van der Waals surface area contributed by atoms with Crippen LogP contribution >= 0.6 is 0 Å². The predicted molar refractivity (Wildman–Crippen MR) is 66.2 cm³/mol. The zero-order chi connectivity index (χ0) is 11.8. The van der Waals surface area contributed by atoms with Crippen LogP contribution in [-0.2, 0) is 9.84 Å². The molecule has 1 aliphatic carbocycles. The monoisotopic (exact) mass is 245 g/mol. The Morgan fingerprint density at radius 2 is 1.94 bits per heavy atom. The van der Waals surface area contributed by atoms with Crippen molar-refractivity contribution < 1.29 is 8.42 Å². The number of hydrogen-bond donors (Lipinski definition) is 1. The van der Waals surface area contributed by atoms with E-state index in [2.05, 4.69) is 19.2 Å². The average molecular weight is 245 g/mol. The minimum Gasteiger partial charge on any atom is -0.312 e. The average Bonchev–Trinajstić information content (AvgIpc) is 2.93. The maximum Gasteiger partial charge on any atom is 0.154 e. The molecule has 0 spiro atoms. The Labute approximate surface area is 98.9 Å². The lowest BCUT2D eigenvalue weighted by atomic mass is 9.99. The van der Waals surface area contributed by atoms with Crippen molar-refractivity contribution in [3.8, 4) is 0 Å². The highest BCUT2D eigenvalue weighted by molar-refractivity contribution is 7.92. The highest BCUT2D eigenvalue weighted by atomic mass is 32.2. The van der Waals surface area contributed by atoms with Crippen LogP contribution in [0.4, 0.5) is 0 Å². The predicted octanol–water partition coefficient (Wildman–Crippen LogP) is 1.59. The number of sulfone groups is 1. The second-order valence-corrected chi connectivity index (χ2v) is 8.05. The van der Waals surface area contributed by atoms with E-state index in [-0.39, 0.29) is 5.25 Å². The van der Waals surface area contributed by atoms with Gasteiger partial charge in [0.05, 0.1) is 11.0 Å². The first-order valence-corrected chi connectivity index (χ1v) is 8.17. The molecule has 2 fully saturated rings. The molecular weight excluding hydrogens is 222 g/mol. The molecule has 1 N–H and O–H groups in total. The molecule has 1 heterocycles. The molecule has 2 atom stereocenters. The summed E-state index contributed by atoms with van der Waals surface area (Å²) in [6.45, 7) is 5.11. The van der Waals surface area contributed by atoms with Crippen LogP contribution < -0.4 is 5.32 Å². The minimum absolute atomic E-state index is 0.118. The Kier molecular flexibility index (Phi) is 3.59. The van der Waals surface area contributed by atoms with E-state index in [0.29, 0.717) is 24.3 Å². The molecule has 0 bridgehead atoms. The maximum atomic E-state index is 11.7. The van der Waals surface area contributed by atoms with Gasteiger partial charge < -0.3 is 5.32 Å². The van der Waals surface area contributed by atoms with E-state index < -0.39 is 9.84 Å². The van der Waals surface area contributed by atoms with Crippen LogP contribution in [0.5, 0.6) is 0 Å². The minimum atomic E-state index is -2.78. The van der Waals surface area contributed by atoms with Crippen molar-refractivity contribution in [1.82, 2.24) is 5.32 Å². The fraction of sp³-hybridized carbons (Fsp3) is 1.00. The smallest absolute Gasteiger partial charge is 0.154 e. The van der Waals surface area contributed by atoms with Crippen LogP contribution in [-0.4, -0.2) is 32.0 Å². The van der Waals surface area contributed by atoms with Gasteiger partial charge >= 0.3 is 0 Å².